The summed E-state index contributed by atoms with van der Waals surface area (Å²) in [6, 6.07) is 11.5. The topological polar surface area (TPSA) is 119 Å². The highest BCUT2D eigenvalue weighted by Gasteiger charge is 2.31. The van der Waals surface area contributed by atoms with Crippen LogP contribution in [-0.2, 0) is 11.2 Å². The van der Waals surface area contributed by atoms with Gasteiger partial charge in [-0.3, -0.25) is 15.5 Å². The van der Waals surface area contributed by atoms with Gasteiger partial charge in [-0.2, -0.15) is 0 Å². The number of hydrogen-bond acceptors (Lipinski definition) is 8. The van der Waals surface area contributed by atoms with E-state index in [1.165, 1.54) is 24.4 Å². The number of nitrogens with zero attached hydrogens (tertiary/aromatic N) is 4. The number of rotatable bonds is 12. The number of hydrogen-bond donors (Lipinski definition) is 3. The predicted molar refractivity (Wildman–Crippen MR) is 149 cm³/mol. The van der Waals surface area contributed by atoms with Crippen molar-refractivity contribution in [3.8, 4) is 5.75 Å². The van der Waals surface area contributed by atoms with Crippen molar-refractivity contribution in [3.63, 3.8) is 0 Å². The Bertz CT molecular complexity index is 1100. The molecule has 0 saturated heterocycles. The van der Waals surface area contributed by atoms with Crippen molar-refractivity contribution < 1.29 is 14.4 Å². The number of nitro benzene ring substituents is 1. The fraction of sp³-hybridized carbons (Fsp3) is 0.500. The third kappa shape index (κ3) is 6.80. The maximum absolute atomic E-state index is 11.9. The van der Waals surface area contributed by atoms with Crippen molar-refractivity contribution in [1.29, 1.82) is 5.41 Å². The van der Waals surface area contributed by atoms with E-state index in [0.29, 0.717) is 36.8 Å². The molecule has 202 valence electrons. The van der Waals surface area contributed by atoms with Crippen LogP contribution in [0.5, 0.6) is 5.75 Å². The molecule has 11 nitrogen and oxygen atoms in total. The van der Waals surface area contributed by atoms with Gasteiger partial charge in [0.25, 0.3) is 5.69 Å². The number of benzene rings is 2. The van der Waals surface area contributed by atoms with Crippen molar-refractivity contribution in [2.45, 2.75) is 25.4 Å². The number of fused-ring (bicyclic) bond motifs is 1. The van der Waals surface area contributed by atoms with Gasteiger partial charge >= 0.3 is 0 Å². The number of likely N-dealkylation sites (N-methyl/N-ethyl adjacent to an activating group) is 3. The smallest absolute Gasteiger partial charge is 0.294 e. The van der Waals surface area contributed by atoms with Crippen molar-refractivity contribution in [3.05, 3.63) is 52.1 Å². The minimum atomic E-state index is -0.407. The molecule has 0 amide bonds. The first-order valence-corrected chi connectivity index (χ1v) is 12.3. The molecule has 0 radical (unpaired) electrons. The highest BCUT2D eigenvalue weighted by atomic mass is 16.6. The molecule has 0 bridgehead atoms. The number of nitrogens with one attached hydrogen (secondary N) is 3. The van der Waals surface area contributed by atoms with Gasteiger partial charge in [0.1, 0.15) is 11.4 Å². The average molecular weight is 514 g/mol. The van der Waals surface area contributed by atoms with Crippen molar-refractivity contribution >= 4 is 28.7 Å². The number of guanidine groups is 1. The zero-order valence-electron chi connectivity index (χ0n) is 22.6. The van der Waals surface area contributed by atoms with Gasteiger partial charge in [0.15, 0.2) is 5.96 Å². The molecule has 11 heteroatoms. The lowest BCUT2D eigenvalue weighted by Crippen LogP contribution is -2.49. The lowest BCUT2D eigenvalue weighted by molar-refractivity contribution is -0.384. The first-order valence-electron chi connectivity index (χ1n) is 12.3. The maximum atomic E-state index is 11.9. The van der Waals surface area contributed by atoms with E-state index in [1.807, 2.05) is 38.1 Å². The summed E-state index contributed by atoms with van der Waals surface area (Å²) < 4.78 is 10.7. The first-order chi connectivity index (χ1) is 17.7. The van der Waals surface area contributed by atoms with E-state index in [-0.39, 0.29) is 23.7 Å². The number of para-hydroxylation sites is 1. The molecule has 2 aromatic rings. The second-order valence-electron chi connectivity index (χ2n) is 9.46. The second-order valence-corrected chi connectivity index (χ2v) is 9.46. The van der Waals surface area contributed by atoms with Gasteiger partial charge in [-0.1, -0.05) is 18.2 Å². The molecule has 0 aliphatic carbocycles. The normalized spacial score (nSPS) is 15.3. The van der Waals surface area contributed by atoms with Crippen LogP contribution in [0.1, 0.15) is 12.5 Å². The zero-order valence-corrected chi connectivity index (χ0v) is 22.6. The standard InChI is InChI=1S/C26H39N7O4/c1-18(22-15-19-9-7-8-10-21(19)32(22)4)28-26(27)29-20-16-24(33(34)35)23(17-25(20)37-6)31(3)12-11-30(2)13-14-36-5/h7-10,16-18,22H,11-15H2,1-6H3,(H3,27,28,29)/t18?,22-/m0/s1. The van der Waals surface area contributed by atoms with E-state index in [9.17, 15) is 10.1 Å². The minimum absolute atomic E-state index is 0.0427. The number of nitro groups is 1. The van der Waals surface area contributed by atoms with E-state index in [0.717, 1.165) is 13.0 Å². The summed E-state index contributed by atoms with van der Waals surface area (Å²) >= 11 is 0. The largest absolute Gasteiger partial charge is 0.494 e. The summed E-state index contributed by atoms with van der Waals surface area (Å²) in [5.41, 5.74) is 3.23. The van der Waals surface area contributed by atoms with Gasteiger partial charge in [0, 0.05) is 64.7 Å². The molecule has 0 spiro atoms. The van der Waals surface area contributed by atoms with Gasteiger partial charge in [-0.05, 0) is 32.0 Å². The number of methoxy groups -OCH3 is 2. The second kappa shape index (κ2) is 12.6. The zero-order chi connectivity index (χ0) is 27.1. The minimum Gasteiger partial charge on any atom is -0.494 e. The molecule has 1 aliphatic heterocycles. The first kappa shape index (κ1) is 28.0. The van der Waals surface area contributed by atoms with Gasteiger partial charge in [0.05, 0.1) is 30.4 Å². The quantitative estimate of drug-likeness (QED) is 0.170. The SMILES string of the molecule is COCCN(C)CCN(C)c1cc(OC)c(NC(=N)NC(C)[C@@H]2Cc3ccccc3N2C)cc1[N+](=O)[O-]. The molecule has 1 unspecified atom stereocenters. The van der Waals surface area contributed by atoms with E-state index < -0.39 is 4.92 Å². The molecule has 2 atom stereocenters. The Morgan fingerprint density at radius 1 is 1.24 bits per heavy atom. The molecular weight excluding hydrogens is 474 g/mol. The maximum Gasteiger partial charge on any atom is 0.294 e. The Morgan fingerprint density at radius 3 is 2.62 bits per heavy atom. The Labute approximate surface area is 219 Å². The summed E-state index contributed by atoms with van der Waals surface area (Å²) in [6.45, 7) is 4.73. The monoisotopic (exact) mass is 513 g/mol. The lowest BCUT2D eigenvalue weighted by Gasteiger charge is -2.30. The Morgan fingerprint density at radius 2 is 1.97 bits per heavy atom. The van der Waals surface area contributed by atoms with Gasteiger partial charge in [0.2, 0.25) is 0 Å². The highest BCUT2D eigenvalue weighted by Crippen LogP contribution is 2.38. The van der Waals surface area contributed by atoms with Gasteiger partial charge in [-0.15, -0.1) is 0 Å². The summed E-state index contributed by atoms with van der Waals surface area (Å²) in [7, 11) is 9.03. The van der Waals surface area contributed by atoms with E-state index in [4.69, 9.17) is 14.9 Å². The highest BCUT2D eigenvalue weighted by molar-refractivity contribution is 5.94. The number of ether oxygens (including phenoxy) is 2. The fourth-order valence-corrected chi connectivity index (χ4v) is 4.65. The predicted octanol–water partition coefficient (Wildman–Crippen LogP) is 3.00. The fourth-order valence-electron chi connectivity index (χ4n) is 4.65. The molecule has 2 aromatic carbocycles. The average Bonchev–Trinajstić information content (AvgIpc) is 3.22. The molecule has 3 N–H and O–H groups in total. The lowest BCUT2D eigenvalue weighted by atomic mass is 10.0. The Kier molecular flexibility index (Phi) is 9.54. The van der Waals surface area contributed by atoms with Crippen LogP contribution in [0.2, 0.25) is 0 Å². The van der Waals surface area contributed by atoms with Crippen molar-refractivity contribution in [1.82, 2.24) is 10.2 Å². The third-order valence-corrected chi connectivity index (χ3v) is 6.91. The molecular formula is C26H39N7O4. The van der Waals surface area contributed by atoms with Gasteiger partial charge < -0.3 is 34.8 Å². The molecule has 0 aromatic heterocycles. The molecule has 0 saturated carbocycles. The van der Waals surface area contributed by atoms with E-state index in [2.05, 4.69) is 39.6 Å². The molecule has 1 aliphatic rings. The Hall–Kier alpha value is -3.57. The van der Waals surface area contributed by atoms with Crippen LogP contribution >= 0.6 is 0 Å². The van der Waals surface area contributed by atoms with Crippen molar-refractivity contribution in [2.24, 2.45) is 0 Å². The Balaban J connectivity index is 1.70. The van der Waals surface area contributed by atoms with Crippen LogP contribution < -0.4 is 25.2 Å². The molecule has 3 rings (SSSR count). The molecule has 37 heavy (non-hydrogen) atoms. The third-order valence-electron chi connectivity index (χ3n) is 6.91. The number of anilines is 3. The van der Waals surface area contributed by atoms with Crippen LogP contribution in [0.4, 0.5) is 22.7 Å². The summed E-state index contributed by atoms with van der Waals surface area (Å²) in [5, 5.41) is 26.6. The van der Waals surface area contributed by atoms with Crippen LogP contribution in [0.25, 0.3) is 0 Å². The molecule has 1 heterocycles. The van der Waals surface area contributed by atoms with Crippen LogP contribution in [0, 0.1) is 15.5 Å². The summed E-state index contributed by atoms with van der Waals surface area (Å²) in [5.74, 6) is 0.468. The summed E-state index contributed by atoms with van der Waals surface area (Å²) in [6.07, 6.45) is 0.880. The van der Waals surface area contributed by atoms with Crippen LogP contribution in [0.3, 0.4) is 0 Å². The van der Waals surface area contributed by atoms with E-state index >= 15 is 0 Å². The van der Waals surface area contributed by atoms with E-state index in [1.54, 1.807) is 13.2 Å². The van der Waals surface area contributed by atoms with Crippen molar-refractivity contribution in [2.75, 3.05) is 76.7 Å². The van der Waals surface area contributed by atoms with Crippen LogP contribution in [0.15, 0.2) is 36.4 Å². The van der Waals surface area contributed by atoms with Gasteiger partial charge in [-0.25, -0.2) is 0 Å². The summed E-state index contributed by atoms with van der Waals surface area (Å²) in [4.78, 5) is 17.7. The van der Waals surface area contributed by atoms with Crippen LogP contribution in [-0.4, -0.2) is 89.5 Å². The molecule has 0 fully saturated rings.